The summed E-state index contributed by atoms with van der Waals surface area (Å²) in [6.45, 7) is 6.04. The molecular weight excluding hydrogens is 342 g/mol. The van der Waals surface area contributed by atoms with Crippen LogP contribution in [0.4, 0.5) is 5.69 Å². The number of fused-ring (bicyclic) bond motifs is 1. The number of aryl methyl sites for hydroxylation is 2. The van der Waals surface area contributed by atoms with Gasteiger partial charge in [0, 0.05) is 24.7 Å². The Morgan fingerprint density at radius 1 is 1.12 bits per heavy atom. The predicted molar refractivity (Wildman–Crippen MR) is 110 cm³/mol. The van der Waals surface area contributed by atoms with Crippen molar-refractivity contribution in [2.24, 2.45) is 0 Å². The van der Waals surface area contributed by atoms with Crippen LogP contribution in [-0.4, -0.2) is 28.1 Å². The van der Waals surface area contributed by atoms with E-state index >= 15 is 0 Å². The van der Waals surface area contributed by atoms with Crippen LogP contribution in [0.15, 0.2) is 46.9 Å². The van der Waals surface area contributed by atoms with E-state index in [0.717, 1.165) is 53.7 Å². The number of para-hydroxylation sites is 2. The highest BCUT2D eigenvalue weighted by Gasteiger charge is 2.25. The minimum Gasteiger partial charge on any atom is -0.440 e. The maximum Gasteiger partial charge on any atom is 0.198 e. The van der Waals surface area contributed by atoms with Crippen molar-refractivity contribution in [2.45, 2.75) is 32.6 Å². The maximum absolute atomic E-state index is 5.95. The normalized spacial score (nSPS) is 15.4. The summed E-state index contributed by atoms with van der Waals surface area (Å²) in [6, 6.07) is 14.4. The lowest BCUT2D eigenvalue weighted by atomic mass is 9.97. The van der Waals surface area contributed by atoms with Crippen molar-refractivity contribution in [2.75, 3.05) is 18.4 Å². The molecule has 0 spiro atoms. The molecule has 0 radical (unpaired) electrons. The van der Waals surface area contributed by atoms with Gasteiger partial charge in [0.05, 0.1) is 0 Å². The van der Waals surface area contributed by atoms with Crippen LogP contribution in [-0.2, 0) is 0 Å². The lowest BCUT2D eigenvalue weighted by Crippen LogP contribution is -2.40. The average Bonchev–Trinajstić information content (AvgIpc) is 3.05. The topological polar surface area (TPSA) is 41.3 Å². The molecule has 0 unspecified atom stereocenters. The monoisotopic (exact) mass is 365 g/mol. The molecule has 1 saturated heterocycles. The number of anilines is 1. The Balaban J connectivity index is 1.39. The van der Waals surface area contributed by atoms with E-state index in [-0.39, 0.29) is 0 Å². The van der Waals surface area contributed by atoms with Crippen molar-refractivity contribution in [1.29, 1.82) is 0 Å². The number of likely N-dealkylation sites (tertiary alicyclic amines) is 1. The molecule has 0 atom stereocenters. The fourth-order valence-corrected chi connectivity index (χ4v) is 3.94. The Morgan fingerprint density at radius 2 is 1.81 bits per heavy atom. The summed E-state index contributed by atoms with van der Waals surface area (Å²) in [6.07, 6.45) is 2.00. The molecule has 0 bridgehead atoms. The summed E-state index contributed by atoms with van der Waals surface area (Å²) in [5, 5.41) is 4.18. The summed E-state index contributed by atoms with van der Waals surface area (Å²) in [4.78, 5) is 6.90. The van der Waals surface area contributed by atoms with Gasteiger partial charge in [0.25, 0.3) is 0 Å². The Kier molecular flexibility index (Phi) is 4.64. The lowest BCUT2D eigenvalue weighted by molar-refractivity contribution is 0.290. The van der Waals surface area contributed by atoms with Crippen LogP contribution in [0, 0.1) is 13.8 Å². The van der Waals surface area contributed by atoms with Crippen molar-refractivity contribution in [3.63, 3.8) is 0 Å². The quantitative estimate of drug-likeness (QED) is 0.646. The summed E-state index contributed by atoms with van der Waals surface area (Å²) >= 11 is 5.63. The van der Waals surface area contributed by atoms with Gasteiger partial charge in [-0.25, -0.2) is 4.98 Å². The molecule has 0 amide bonds. The zero-order chi connectivity index (χ0) is 18.1. The fourth-order valence-electron chi connectivity index (χ4n) is 3.64. The molecule has 134 valence electrons. The molecule has 2 aromatic carbocycles. The van der Waals surface area contributed by atoms with E-state index in [1.54, 1.807) is 0 Å². The molecule has 1 aliphatic rings. The first-order valence-electron chi connectivity index (χ1n) is 9.08. The number of nitrogens with zero attached hydrogens (tertiary/aromatic N) is 2. The largest absolute Gasteiger partial charge is 0.440 e. The third-order valence-corrected chi connectivity index (χ3v) is 5.28. The van der Waals surface area contributed by atoms with Gasteiger partial charge in [-0.1, -0.05) is 18.2 Å². The molecule has 1 aromatic heterocycles. The van der Waals surface area contributed by atoms with E-state index in [1.807, 2.05) is 24.3 Å². The van der Waals surface area contributed by atoms with Gasteiger partial charge in [-0.15, -0.1) is 0 Å². The first-order chi connectivity index (χ1) is 12.6. The highest BCUT2D eigenvalue weighted by atomic mass is 32.1. The van der Waals surface area contributed by atoms with Crippen molar-refractivity contribution in [3.05, 3.63) is 59.5 Å². The van der Waals surface area contributed by atoms with Crippen LogP contribution in [0.5, 0.6) is 0 Å². The van der Waals surface area contributed by atoms with Crippen LogP contribution >= 0.6 is 12.2 Å². The molecule has 2 heterocycles. The Morgan fingerprint density at radius 3 is 2.50 bits per heavy atom. The number of rotatable bonds is 2. The first-order valence-corrected chi connectivity index (χ1v) is 9.49. The number of hydrogen-bond donors (Lipinski definition) is 1. The molecule has 1 fully saturated rings. The van der Waals surface area contributed by atoms with Crippen LogP contribution in [0.2, 0.25) is 0 Å². The van der Waals surface area contributed by atoms with Crippen LogP contribution < -0.4 is 5.32 Å². The molecule has 0 saturated carbocycles. The van der Waals surface area contributed by atoms with Gasteiger partial charge in [0.1, 0.15) is 5.52 Å². The number of nitrogens with one attached hydrogen (secondary N) is 1. The number of aromatic nitrogens is 1. The Labute approximate surface area is 159 Å². The average molecular weight is 366 g/mol. The van der Waals surface area contributed by atoms with Gasteiger partial charge >= 0.3 is 0 Å². The minimum absolute atomic E-state index is 0.364. The van der Waals surface area contributed by atoms with E-state index in [4.69, 9.17) is 16.6 Å². The van der Waals surface area contributed by atoms with Gasteiger partial charge in [0.2, 0.25) is 0 Å². The van der Waals surface area contributed by atoms with Crippen molar-refractivity contribution < 1.29 is 4.42 Å². The molecular formula is C21H23N3OS. The Hall–Kier alpha value is -2.40. The zero-order valence-electron chi connectivity index (χ0n) is 15.2. The third kappa shape index (κ3) is 3.58. The highest BCUT2D eigenvalue weighted by molar-refractivity contribution is 7.80. The van der Waals surface area contributed by atoms with Crippen LogP contribution in [0.1, 0.15) is 35.8 Å². The fraction of sp³-hybridized carbons (Fsp3) is 0.333. The van der Waals surface area contributed by atoms with E-state index in [9.17, 15) is 0 Å². The molecule has 5 heteroatoms. The third-order valence-electron chi connectivity index (χ3n) is 4.91. The first kappa shape index (κ1) is 17.0. The lowest BCUT2D eigenvalue weighted by Gasteiger charge is -2.32. The van der Waals surface area contributed by atoms with Gasteiger partial charge in [0.15, 0.2) is 16.6 Å². The number of piperidine rings is 1. The number of hydrogen-bond acceptors (Lipinski definition) is 3. The zero-order valence-corrected chi connectivity index (χ0v) is 16.0. The number of thiocarbonyl (C=S) groups is 1. The second-order valence-electron chi connectivity index (χ2n) is 7.09. The molecule has 0 aliphatic carbocycles. The summed E-state index contributed by atoms with van der Waals surface area (Å²) in [5.41, 5.74) is 5.36. The van der Waals surface area contributed by atoms with Crippen molar-refractivity contribution in [3.8, 4) is 0 Å². The second kappa shape index (κ2) is 7.08. The van der Waals surface area contributed by atoms with E-state index < -0.39 is 0 Å². The predicted octanol–water partition coefficient (Wildman–Crippen LogP) is 5.02. The van der Waals surface area contributed by atoms with E-state index in [2.05, 4.69) is 47.2 Å². The standard InChI is InChI=1S/C21H23N3OS/c1-14-11-15(2)13-17(12-14)22-21(26)24-9-7-16(8-10-24)20-23-18-5-3-4-6-19(18)25-20/h3-6,11-13,16H,7-10H2,1-2H3,(H,22,26). The smallest absolute Gasteiger partial charge is 0.198 e. The number of benzene rings is 2. The molecule has 4 nitrogen and oxygen atoms in total. The Bertz CT molecular complexity index is 888. The van der Waals surface area contributed by atoms with Crippen LogP contribution in [0.25, 0.3) is 11.1 Å². The van der Waals surface area contributed by atoms with Crippen molar-refractivity contribution >= 4 is 34.1 Å². The molecule has 26 heavy (non-hydrogen) atoms. The molecule has 1 aliphatic heterocycles. The molecule has 3 aromatic rings. The minimum atomic E-state index is 0.364. The van der Waals surface area contributed by atoms with Gasteiger partial charge < -0.3 is 14.6 Å². The van der Waals surface area contributed by atoms with Crippen molar-refractivity contribution in [1.82, 2.24) is 9.88 Å². The van der Waals surface area contributed by atoms with Gasteiger partial charge in [-0.2, -0.15) is 0 Å². The summed E-state index contributed by atoms with van der Waals surface area (Å²) < 4.78 is 5.95. The van der Waals surface area contributed by atoms with E-state index in [0.29, 0.717) is 5.92 Å². The molecule has 4 rings (SSSR count). The summed E-state index contributed by atoms with van der Waals surface area (Å²) in [7, 11) is 0. The number of oxazole rings is 1. The maximum atomic E-state index is 5.95. The SMILES string of the molecule is Cc1cc(C)cc(NC(=S)N2CCC(c3nc4ccccc4o3)CC2)c1. The van der Waals surface area contributed by atoms with E-state index in [1.165, 1.54) is 11.1 Å². The summed E-state index contributed by atoms with van der Waals surface area (Å²) in [5.74, 6) is 1.22. The van der Waals surface area contributed by atoms with Crippen LogP contribution in [0.3, 0.4) is 0 Å². The molecule has 1 N–H and O–H groups in total. The van der Waals surface area contributed by atoms with Gasteiger partial charge in [-0.05, 0) is 74.3 Å². The highest BCUT2D eigenvalue weighted by Crippen LogP contribution is 2.30. The van der Waals surface area contributed by atoms with Gasteiger partial charge in [-0.3, -0.25) is 0 Å². The second-order valence-corrected chi connectivity index (χ2v) is 7.47.